The number of nitrogens with one attached hydrogen (secondary N) is 2. The minimum Gasteiger partial charge on any atom is -0.380 e. The zero-order valence-electron chi connectivity index (χ0n) is 11.9. The van der Waals surface area contributed by atoms with Crippen molar-refractivity contribution >= 4 is 11.8 Å². The van der Waals surface area contributed by atoms with E-state index in [0.29, 0.717) is 12.2 Å². The maximum Gasteiger partial charge on any atom is 0.272 e. The molecule has 0 radical (unpaired) electrons. The maximum atomic E-state index is 13.4. The highest BCUT2D eigenvalue weighted by Gasteiger charge is 2.12. The molecule has 0 aliphatic heterocycles. The molecule has 2 rings (SSSR count). The number of benzene rings is 2. The molecule has 2 aromatic rings. The van der Waals surface area contributed by atoms with Gasteiger partial charge in [-0.1, -0.05) is 24.3 Å². The third-order valence-electron chi connectivity index (χ3n) is 2.91. The van der Waals surface area contributed by atoms with Crippen LogP contribution in [0.15, 0.2) is 48.5 Å². The summed E-state index contributed by atoms with van der Waals surface area (Å²) in [5, 5.41) is 0. The molecule has 0 atom stereocenters. The smallest absolute Gasteiger partial charge is 0.272 e. The Morgan fingerprint density at radius 1 is 1.05 bits per heavy atom. The topological polar surface area (TPSA) is 67.4 Å². The van der Waals surface area contributed by atoms with Gasteiger partial charge in [-0.25, -0.2) is 4.39 Å². The first kappa shape index (κ1) is 15.7. The summed E-state index contributed by atoms with van der Waals surface area (Å²) in [5.74, 6) is -1.88. The maximum absolute atomic E-state index is 13.4. The average molecular weight is 302 g/mol. The van der Waals surface area contributed by atoms with E-state index < -0.39 is 17.6 Å². The fourth-order valence-electron chi connectivity index (χ4n) is 1.87. The van der Waals surface area contributed by atoms with Crippen LogP contribution in [0.2, 0.25) is 0 Å². The first-order valence-electron chi connectivity index (χ1n) is 6.55. The Bertz CT molecular complexity index is 689. The van der Waals surface area contributed by atoms with Crippen molar-refractivity contribution in [1.82, 2.24) is 10.9 Å². The number of amides is 2. The lowest BCUT2D eigenvalue weighted by atomic mass is 10.1. The Kier molecular flexibility index (Phi) is 5.21. The van der Waals surface area contributed by atoms with Gasteiger partial charge in [-0.2, -0.15) is 0 Å². The van der Waals surface area contributed by atoms with Crippen LogP contribution >= 0.6 is 0 Å². The van der Waals surface area contributed by atoms with Crippen LogP contribution in [-0.4, -0.2) is 18.9 Å². The predicted octanol–water partition coefficient (Wildman–Crippen LogP) is 2.05. The highest BCUT2D eigenvalue weighted by Crippen LogP contribution is 2.07. The van der Waals surface area contributed by atoms with E-state index in [9.17, 15) is 14.0 Å². The second-order valence-corrected chi connectivity index (χ2v) is 4.52. The van der Waals surface area contributed by atoms with Crippen molar-refractivity contribution in [1.29, 1.82) is 0 Å². The number of ether oxygens (including phenoxy) is 1. The standard InChI is InChI=1S/C16H15FN2O3/c1-22-10-11-5-4-6-12(9-11)15(20)18-19-16(21)13-7-2-3-8-14(13)17/h2-9H,10H2,1H3,(H,18,20)(H,19,21). The quantitative estimate of drug-likeness (QED) is 0.849. The van der Waals surface area contributed by atoms with Crippen molar-refractivity contribution in [3.05, 3.63) is 71.0 Å². The third kappa shape index (κ3) is 3.89. The molecule has 0 spiro atoms. The molecule has 0 aliphatic rings. The molecule has 0 unspecified atom stereocenters. The summed E-state index contributed by atoms with van der Waals surface area (Å²) in [5.41, 5.74) is 5.48. The zero-order chi connectivity index (χ0) is 15.9. The van der Waals surface area contributed by atoms with Gasteiger partial charge in [0.05, 0.1) is 12.2 Å². The van der Waals surface area contributed by atoms with Crippen molar-refractivity contribution in [2.45, 2.75) is 6.61 Å². The third-order valence-corrected chi connectivity index (χ3v) is 2.91. The summed E-state index contributed by atoms with van der Waals surface area (Å²) >= 11 is 0. The predicted molar refractivity (Wildman–Crippen MR) is 78.5 cm³/mol. The lowest BCUT2D eigenvalue weighted by Crippen LogP contribution is -2.41. The fourth-order valence-corrected chi connectivity index (χ4v) is 1.87. The van der Waals surface area contributed by atoms with Crippen molar-refractivity contribution in [2.75, 3.05) is 7.11 Å². The number of methoxy groups -OCH3 is 1. The Balaban J connectivity index is 1.99. The number of carbonyl (C=O) groups is 2. The minimum atomic E-state index is -0.723. The monoisotopic (exact) mass is 302 g/mol. The van der Waals surface area contributed by atoms with Gasteiger partial charge in [0, 0.05) is 12.7 Å². The van der Waals surface area contributed by atoms with Gasteiger partial charge in [-0.15, -0.1) is 0 Å². The van der Waals surface area contributed by atoms with Crippen LogP contribution < -0.4 is 10.9 Å². The molecule has 2 N–H and O–H groups in total. The van der Waals surface area contributed by atoms with E-state index in [1.54, 1.807) is 25.3 Å². The number of hydrogen-bond acceptors (Lipinski definition) is 3. The SMILES string of the molecule is COCc1cccc(C(=O)NNC(=O)c2ccccc2F)c1. The van der Waals surface area contributed by atoms with Gasteiger partial charge in [0.15, 0.2) is 0 Å². The van der Waals surface area contributed by atoms with E-state index in [4.69, 9.17) is 4.74 Å². The number of hydrogen-bond donors (Lipinski definition) is 2. The van der Waals surface area contributed by atoms with Crippen molar-refractivity contribution in [3.63, 3.8) is 0 Å². The van der Waals surface area contributed by atoms with Crippen LogP contribution in [0.1, 0.15) is 26.3 Å². The first-order chi connectivity index (χ1) is 10.6. The molecule has 2 aromatic carbocycles. The summed E-state index contributed by atoms with van der Waals surface area (Å²) in [6.45, 7) is 0.378. The highest BCUT2D eigenvalue weighted by molar-refractivity contribution is 5.99. The number of rotatable bonds is 4. The van der Waals surface area contributed by atoms with Crippen LogP contribution in [-0.2, 0) is 11.3 Å². The van der Waals surface area contributed by atoms with Crippen molar-refractivity contribution < 1.29 is 18.7 Å². The molecular weight excluding hydrogens is 287 g/mol. The van der Waals surface area contributed by atoms with E-state index in [1.807, 2.05) is 6.07 Å². The molecule has 5 nitrogen and oxygen atoms in total. The Morgan fingerprint density at radius 2 is 1.77 bits per heavy atom. The Hall–Kier alpha value is -2.73. The van der Waals surface area contributed by atoms with E-state index in [1.165, 1.54) is 24.3 Å². The van der Waals surface area contributed by atoms with Gasteiger partial charge in [0.25, 0.3) is 11.8 Å². The van der Waals surface area contributed by atoms with E-state index >= 15 is 0 Å². The molecule has 0 heterocycles. The van der Waals surface area contributed by atoms with Crippen LogP contribution in [0, 0.1) is 5.82 Å². The molecule has 0 saturated heterocycles. The fraction of sp³-hybridized carbons (Fsp3) is 0.125. The molecule has 0 aromatic heterocycles. The lowest BCUT2D eigenvalue weighted by molar-refractivity contribution is 0.0844. The Labute approximate surface area is 127 Å². The number of carbonyl (C=O) groups excluding carboxylic acids is 2. The van der Waals surface area contributed by atoms with Crippen molar-refractivity contribution in [2.24, 2.45) is 0 Å². The summed E-state index contributed by atoms with van der Waals surface area (Å²) in [4.78, 5) is 23.7. The molecule has 0 bridgehead atoms. The molecule has 0 saturated carbocycles. The van der Waals surface area contributed by atoms with E-state index in [-0.39, 0.29) is 5.56 Å². The number of hydrazine groups is 1. The summed E-state index contributed by atoms with van der Waals surface area (Å²) in [6.07, 6.45) is 0. The summed E-state index contributed by atoms with van der Waals surface area (Å²) in [7, 11) is 1.56. The summed E-state index contributed by atoms with van der Waals surface area (Å²) < 4.78 is 18.4. The molecule has 0 aliphatic carbocycles. The first-order valence-corrected chi connectivity index (χ1v) is 6.55. The van der Waals surface area contributed by atoms with Crippen LogP contribution in [0.25, 0.3) is 0 Å². The minimum absolute atomic E-state index is 0.143. The summed E-state index contributed by atoms with van der Waals surface area (Å²) in [6, 6.07) is 12.3. The number of halogens is 1. The van der Waals surface area contributed by atoms with Crippen LogP contribution in [0.3, 0.4) is 0 Å². The van der Waals surface area contributed by atoms with Gasteiger partial charge < -0.3 is 4.74 Å². The van der Waals surface area contributed by atoms with Crippen molar-refractivity contribution in [3.8, 4) is 0 Å². The second kappa shape index (κ2) is 7.33. The highest BCUT2D eigenvalue weighted by atomic mass is 19.1. The molecule has 0 fully saturated rings. The molecular formula is C16H15FN2O3. The Morgan fingerprint density at radius 3 is 2.50 bits per heavy atom. The molecule has 2 amide bonds. The van der Waals surface area contributed by atoms with Gasteiger partial charge in [0.2, 0.25) is 0 Å². The van der Waals surface area contributed by atoms with E-state index in [2.05, 4.69) is 10.9 Å². The largest absolute Gasteiger partial charge is 0.380 e. The molecule has 22 heavy (non-hydrogen) atoms. The van der Waals surface area contributed by atoms with Gasteiger partial charge >= 0.3 is 0 Å². The second-order valence-electron chi connectivity index (χ2n) is 4.52. The lowest BCUT2D eigenvalue weighted by Gasteiger charge is -2.09. The van der Waals surface area contributed by atoms with Gasteiger partial charge in [0.1, 0.15) is 5.82 Å². The van der Waals surface area contributed by atoms with E-state index in [0.717, 1.165) is 5.56 Å². The molecule has 114 valence electrons. The average Bonchev–Trinajstić information content (AvgIpc) is 2.53. The normalized spacial score (nSPS) is 10.1. The van der Waals surface area contributed by atoms with Gasteiger partial charge in [-0.05, 0) is 29.8 Å². The molecule has 6 heteroatoms. The van der Waals surface area contributed by atoms with Crippen LogP contribution in [0.4, 0.5) is 4.39 Å². The van der Waals surface area contributed by atoms with Gasteiger partial charge in [-0.3, -0.25) is 20.4 Å². The zero-order valence-corrected chi connectivity index (χ0v) is 11.9. The van der Waals surface area contributed by atoms with Crippen LogP contribution in [0.5, 0.6) is 0 Å².